The predicted octanol–water partition coefficient (Wildman–Crippen LogP) is 1.38. The van der Waals surface area contributed by atoms with Gasteiger partial charge in [0.1, 0.15) is 5.82 Å². The van der Waals surface area contributed by atoms with Gasteiger partial charge in [0, 0.05) is 19.6 Å². The van der Waals surface area contributed by atoms with Crippen LogP contribution in [0.3, 0.4) is 0 Å². The van der Waals surface area contributed by atoms with Crippen molar-refractivity contribution >= 4 is 22.8 Å². The first kappa shape index (κ1) is 10.3. The molecule has 0 amide bonds. The van der Waals surface area contributed by atoms with Gasteiger partial charge in [0.25, 0.3) is 0 Å². The van der Waals surface area contributed by atoms with Gasteiger partial charge in [-0.3, -0.25) is 5.10 Å². The second kappa shape index (κ2) is 4.20. The molecule has 1 fully saturated rings. The molecule has 3 heterocycles. The fraction of sp³-hybridized carbons (Fsp3) is 0.545. The van der Waals surface area contributed by atoms with Crippen molar-refractivity contribution in [3.8, 4) is 0 Å². The first-order valence-corrected chi connectivity index (χ1v) is 6.08. The Hall–Kier alpha value is -1.85. The van der Waals surface area contributed by atoms with Crippen LogP contribution in [0.4, 0.5) is 11.8 Å². The number of anilines is 2. The van der Waals surface area contributed by atoms with Crippen LogP contribution in [0.2, 0.25) is 0 Å². The van der Waals surface area contributed by atoms with E-state index in [0.29, 0.717) is 5.95 Å². The largest absolute Gasteiger partial charge is 0.356 e. The second-order valence-corrected chi connectivity index (χ2v) is 4.23. The minimum absolute atomic E-state index is 0.672. The molecular weight excluding hydrogens is 216 g/mol. The van der Waals surface area contributed by atoms with Crippen LogP contribution >= 0.6 is 0 Å². The topological polar surface area (TPSA) is 69.7 Å². The highest BCUT2D eigenvalue weighted by atomic mass is 15.3. The molecule has 2 N–H and O–H groups in total. The van der Waals surface area contributed by atoms with E-state index in [1.807, 2.05) is 6.92 Å². The summed E-state index contributed by atoms with van der Waals surface area (Å²) in [6.07, 6.45) is 4.28. The second-order valence-electron chi connectivity index (χ2n) is 4.23. The number of hydrogen-bond acceptors (Lipinski definition) is 5. The fourth-order valence-corrected chi connectivity index (χ4v) is 2.23. The molecule has 0 spiro atoms. The zero-order chi connectivity index (χ0) is 11.7. The van der Waals surface area contributed by atoms with Gasteiger partial charge >= 0.3 is 0 Å². The van der Waals surface area contributed by atoms with Gasteiger partial charge in [-0.15, -0.1) is 0 Å². The van der Waals surface area contributed by atoms with Crippen molar-refractivity contribution in [3.05, 3.63) is 6.20 Å². The third-order valence-corrected chi connectivity index (χ3v) is 3.03. The molecule has 1 saturated heterocycles. The number of rotatable bonds is 3. The molecule has 0 aromatic carbocycles. The Morgan fingerprint density at radius 1 is 1.35 bits per heavy atom. The van der Waals surface area contributed by atoms with Gasteiger partial charge in [-0.1, -0.05) is 0 Å². The van der Waals surface area contributed by atoms with E-state index in [-0.39, 0.29) is 0 Å². The van der Waals surface area contributed by atoms with Crippen LogP contribution in [0.5, 0.6) is 0 Å². The fourth-order valence-electron chi connectivity index (χ4n) is 2.23. The quantitative estimate of drug-likeness (QED) is 0.836. The molecule has 17 heavy (non-hydrogen) atoms. The average molecular weight is 232 g/mol. The standard InChI is InChI=1S/C11H16N6/c1-2-12-11-14-9-8(7-13-16-9)10(15-11)17-5-3-4-6-17/h7H,2-6H2,1H3,(H2,12,13,14,15,16). The molecule has 2 aromatic rings. The summed E-state index contributed by atoms with van der Waals surface area (Å²) in [5.74, 6) is 1.67. The third-order valence-electron chi connectivity index (χ3n) is 3.03. The molecule has 0 bridgehead atoms. The van der Waals surface area contributed by atoms with Crippen LogP contribution < -0.4 is 10.2 Å². The number of nitrogens with one attached hydrogen (secondary N) is 2. The van der Waals surface area contributed by atoms with Gasteiger partial charge in [-0.2, -0.15) is 15.1 Å². The lowest BCUT2D eigenvalue weighted by molar-refractivity contribution is 0.937. The first-order chi connectivity index (χ1) is 8.38. The summed E-state index contributed by atoms with van der Waals surface area (Å²) in [6, 6.07) is 0. The van der Waals surface area contributed by atoms with Crippen LogP contribution in [0, 0.1) is 0 Å². The minimum Gasteiger partial charge on any atom is -0.356 e. The van der Waals surface area contributed by atoms with Crippen LogP contribution in [0.1, 0.15) is 19.8 Å². The first-order valence-electron chi connectivity index (χ1n) is 6.08. The molecule has 1 aliphatic heterocycles. The number of aromatic nitrogens is 4. The molecule has 0 saturated carbocycles. The summed E-state index contributed by atoms with van der Waals surface area (Å²) in [4.78, 5) is 11.3. The molecule has 0 aliphatic carbocycles. The van der Waals surface area contributed by atoms with Crippen molar-refractivity contribution in [2.75, 3.05) is 29.9 Å². The summed E-state index contributed by atoms with van der Waals surface area (Å²) in [6.45, 7) is 5.00. The highest BCUT2D eigenvalue weighted by Gasteiger charge is 2.18. The van der Waals surface area contributed by atoms with Crippen LogP contribution in [0.15, 0.2) is 6.20 Å². The van der Waals surface area contributed by atoms with Gasteiger partial charge in [-0.05, 0) is 19.8 Å². The number of hydrogen-bond donors (Lipinski definition) is 2. The maximum absolute atomic E-state index is 4.59. The molecule has 6 nitrogen and oxygen atoms in total. The van der Waals surface area contributed by atoms with Gasteiger partial charge in [0.15, 0.2) is 5.65 Å². The Kier molecular flexibility index (Phi) is 2.55. The van der Waals surface area contributed by atoms with E-state index >= 15 is 0 Å². The molecule has 1 aliphatic rings. The van der Waals surface area contributed by atoms with Crippen molar-refractivity contribution in [1.82, 2.24) is 20.2 Å². The summed E-state index contributed by atoms with van der Waals surface area (Å²) in [5, 5.41) is 11.1. The summed E-state index contributed by atoms with van der Waals surface area (Å²) < 4.78 is 0. The molecular formula is C11H16N6. The number of nitrogens with zero attached hydrogens (tertiary/aromatic N) is 4. The Labute approximate surface area is 99.4 Å². The van der Waals surface area contributed by atoms with Crippen LogP contribution in [-0.2, 0) is 0 Å². The number of H-pyrrole nitrogens is 1. The SMILES string of the molecule is CCNc1nc(N2CCCC2)c2cn[nH]c2n1. The Bertz CT molecular complexity index is 514. The molecule has 0 unspecified atom stereocenters. The van der Waals surface area contributed by atoms with E-state index in [2.05, 4.69) is 30.4 Å². The molecule has 0 radical (unpaired) electrons. The maximum Gasteiger partial charge on any atom is 0.226 e. The molecule has 3 rings (SSSR count). The number of aromatic amines is 1. The molecule has 6 heteroatoms. The van der Waals surface area contributed by atoms with Crippen molar-refractivity contribution in [2.24, 2.45) is 0 Å². The lowest BCUT2D eigenvalue weighted by atomic mass is 10.3. The van der Waals surface area contributed by atoms with Crippen LogP contribution in [-0.4, -0.2) is 39.8 Å². The maximum atomic E-state index is 4.59. The third kappa shape index (κ3) is 1.79. The summed E-state index contributed by atoms with van der Waals surface area (Å²) in [5.41, 5.74) is 0.804. The average Bonchev–Trinajstić information content (AvgIpc) is 2.99. The molecule has 0 atom stereocenters. The van der Waals surface area contributed by atoms with E-state index in [0.717, 1.165) is 36.5 Å². The van der Waals surface area contributed by atoms with Gasteiger partial charge in [0.2, 0.25) is 5.95 Å². The Morgan fingerprint density at radius 3 is 2.94 bits per heavy atom. The lowest BCUT2D eigenvalue weighted by Gasteiger charge is -2.17. The van der Waals surface area contributed by atoms with Crippen LogP contribution in [0.25, 0.3) is 11.0 Å². The smallest absolute Gasteiger partial charge is 0.226 e. The van der Waals surface area contributed by atoms with E-state index < -0.39 is 0 Å². The predicted molar refractivity (Wildman–Crippen MR) is 67.3 cm³/mol. The normalized spacial score (nSPS) is 15.7. The number of fused-ring (bicyclic) bond motifs is 1. The van der Waals surface area contributed by atoms with Crippen molar-refractivity contribution < 1.29 is 0 Å². The lowest BCUT2D eigenvalue weighted by Crippen LogP contribution is -2.20. The van der Waals surface area contributed by atoms with Gasteiger partial charge < -0.3 is 10.2 Å². The monoisotopic (exact) mass is 232 g/mol. The van der Waals surface area contributed by atoms with Gasteiger partial charge in [-0.25, -0.2) is 0 Å². The Morgan fingerprint density at radius 2 is 2.18 bits per heavy atom. The van der Waals surface area contributed by atoms with E-state index in [9.17, 15) is 0 Å². The van der Waals surface area contributed by atoms with Crippen molar-refractivity contribution in [2.45, 2.75) is 19.8 Å². The van der Waals surface area contributed by atoms with E-state index in [1.165, 1.54) is 12.8 Å². The highest BCUT2D eigenvalue weighted by molar-refractivity contribution is 5.87. The zero-order valence-electron chi connectivity index (χ0n) is 9.90. The molecule has 90 valence electrons. The van der Waals surface area contributed by atoms with Crippen molar-refractivity contribution in [3.63, 3.8) is 0 Å². The van der Waals surface area contributed by atoms with Crippen molar-refractivity contribution in [1.29, 1.82) is 0 Å². The van der Waals surface area contributed by atoms with E-state index in [4.69, 9.17) is 0 Å². The Balaban J connectivity index is 2.09. The highest BCUT2D eigenvalue weighted by Crippen LogP contribution is 2.26. The molecule has 2 aromatic heterocycles. The van der Waals surface area contributed by atoms with E-state index in [1.54, 1.807) is 6.20 Å². The minimum atomic E-state index is 0.672. The summed E-state index contributed by atoms with van der Waals surface area (Å²) >= 11 is 0. The summed E-state index contributed by atoms with van der Waals surface area (Å²) in [7, 11) is 0. The zero-order valence-corrected chi connectivity index (χ0v) is 9.90. The van der Waals surface area contributed by atoms with Gasteiger partial charge in [0.05, 0.1) is 11.6 Å².